The zero-order valence-corrected chi connectivity index (χ0v) is 15.5. The topological polar surface area (TPSA) is 107 Å². The lowest BCUT2D eigenvalue weighted by Crippen LogP contribution is -2.21. The summed E-state index contributed by atoms with van der Waals surface area (Å²) < 4.78 is 4.82. The number of carbonyl (C=O) groups is 1. The Bertz CT molecular complexity index is 258. The molecule has 0 saturated carbocycles. The average Bonchev–Trinajstić information content (AvgIpc) is 2.58. The minimum atomic E-state index is -0.952. The van der Waals surface area contributed by atoms with E-state index >= 15 is 0 Å². The molecular formula is C18H38O6. The fourth-order valence-electron chi connectivity index (χ4n) is 1.89. The van der Waals surface area contributed by atoms with Crippen LogP contribution in [0.1, 0.15) is 78.1 Å². The van der Waals surface area contributed by atoms with Crippen molar-refractivity contribution in [3.8, 4) is 0 Å². The highest BCUT2D eigenvalue weighted by atomic mass is 16.5. The molecule has 0 radical (unpaired) electrons. The van der Waals surface area contributed by atoms with Crippen LogP contribution in [0.2, 0.25) is 0 Å². The molecule has 0 aromatic heterocycles. The zero-order valence-electron chi connectivity index (χ0n) is 15.5. The molecule has 0 saturated heterocycles. The van der Waals surface area contributed by atoms with Crippen molar-refractivity contribution in [2.45, 2.75) is 90.3 Å². The Morgan fingerprint density at radius 1 is 0.875 bits per heavy atom. The molecule has 0 fully saturated rings. The number of unbranched alkanes of at least 4 members (excludes halogenated alkanes) is 8. The third-order valence-corrected chi connectivity index (χ3v) is 3.40. The van der Waals surface area contributed by atoms with Crippen LogP contribution in [0, 0.1) is 0 Å². The second kappa shape index (κ2) is 20.4. The Kier molecular flexibility index (Phi) is 21.7. The van der Waals surface area contributed by atoms with Crippen LogP contribution in [0.4, 0.5) is 0 Å². The van der Waals surface area contributed by atoms with Gasteiger partial charge in [0.05, 0.1) is 19.3 Å². The molecule has 0 aliphatic rings. The van der Waals surface area contributed by atoms with Crippen LogP contribution in [0.3, 0.4) is 0 Å². The van der Waals surface area contributed by atoms with E-state index in [0.29, 0.717) is 6.42 Å². The molecule has 0 heterocycles. The minimum Gasteiger partial charge on any atom is -0.463 e. The van der Waals surface area contributed by atoms with E-state index in [1.807, 2.05) is 0 Å². The van der Waals surface area contributed by atoms with Crippen molar-refractivity contribution in [1.82, 2.24) is 0 Å². The van der Waals surface area contributed by atoms with E-state index in [9.17, 15) is 4.79 Å². The van der Waals surface area contributed by atoms with Gasteiger partial charge in [0.2, 0.25) is 0 Å². The van der Waals surface area contributed by atoms with Crippen molar-refractivity contribution in [1.29, 1.82) is 0 Å². The molecule has 146 valence electrons. The molecule has 4 N–H and O–H groups in total. The van der Waals surface area contributed by atoms with E-state index in [2.05, 4.69) is 6.92 Å². The van der Waals surface area contributed by atoms with Crippen LogP contribution in [0.15, 0.2) is 0 Å². The van der Waals surface area contributed by atoms with Crippen LogP contribution in [-0.2, 0) is 9.53 Å². The van der Waals surface area contributed by atoms with Crippen LogP contribution >= 0.6 is 0 Å². The number of esters is 1. The molecule has 24 heavy (non-hydrogen) atoms. The van der Waals surface area contributed by atoms with Gasteiger partial charge in [0.1, 0.15) is 12.7 Å². The van der Waals surface area contributed by atoms with Gasteiger partial charge >= 0.3 is 5.97 Å². The second-order valence-corrected chi connectivity index (χ2v) is 6.13. The lowest BCUT2D eigenvalue weighted by Gasteiger charge is -2.08. The molecule has 0 aromatic rings. The van der Waals surface area contributed by atoms with Crippen molar-refractivity contribution in [3.05, 3.63) is 0 Å². The first-order valence-electron chi connectivity index (χ1n) is 9.21. The van der Waals surface area contributed by atoms with Gasteiger partial charge in [0, 0.05) is 6.42 Å². The smallest absolute Gasteiger partial charge is 0.305 e. The zero-order chi connectivity index (χ0) is 18.6. The summed E-state index contributed by atoms with van der Waals surface area (Å²) >= 11 is 0. The third kappa shape index (κ3) is 23.6. The first-order chi connectivity index (χ1) is 11.5. The Morgan fingerprint density at radius 2 is 1.33 bits per heavy atom. The summed E-state index contributed by atoms with van der Waals surface area (Å²) in [6, 6.07) is 0. The Hall–Kier alpha value is -0.690. The van der Waals surface area contributed by atoms with Crippen LogP contribution in [0.5, 0.6) is 0 Å². The number of hydrogen-bond donors (Lipinski definition) is 4. The summed E-state index contributed by atoms with van der Waals surface area (Å²) in [6.07, 6.45) is 9.84. The summed E-state index contributed by atoms with van der Waals surface area (Å²) in [7, 11) is 0. The highest BCUT2D eigenvalue weighted by Crippen LogP contribution is 2.10. The monoisotopic (exact) mass is 350 g/mol. The van der Waals surface area contributed by atoms with Crippen molar-refractivity contribution in [3.63, 3.8) is 0 Å². The standard InChI is InChI=1S/C15H30O4.C3H8O2/c1-2-3-4-5-6-7-8-9-10-11-15(18)19-13-14(17)12-16;1-3(5)2-4/h14,16-17H,2-13H2,1H3;3-5H,2H2,1H3. The van der Waals surface area contributed by atoms with Gasteiger partial charge < -0.3 is 25.2 Å². The second-order valence-electron chi connectivity index (χ2n) is 6.13. The van der Waals surface area contributed by atoms with Gasteiger partial charge in [-0.05, 0) is 13.3 Å². The van der Waals surface area contributed by atoms with Crippen molar-refractivity contribution < 1.29 is 30.0 Å². The van der Waals surface area contributed by atoms with E-state index in [-0.39, 0.29) is 25.8 Å². The van der Waals surface area contributed by atoms with E-state index in [1.54, 1.807) is 0 Å². The SMILES string of the molecule is CC(O)CO.CCCCCCCCCCCC(=O)OCC(O)CO. The number of carbonyl (C=O) groups excluding carboxylic acids is 1. The van der Waals surface area contributed by atoms with Gasteiger partial charge in [-0.15, -0.1) is 0 Å². The molecule has 0 spiro atoms. The number of aliphatic hydroxyl groups excluding tert-OH is 4. The van der Waals surface area contributed by atoms with Gasteiger partial charge in [-0.25, -0.2) is 0 Å². The molecule has 0 aliphatic carbocycles. The molecule has 0 aliphatic heterocycles. The van der Waals surface area contributed by atoms with Crippen LogP contribution in [0.25, 0.3) is 0 Å². The van der Waals surface area contributed by atoms with Crippen molar-refractivity contribution in [2.75, 3.05) is 19.8 Å². The maximum Gasteiger partial charge on any atom is 0.305 e. The number of ether oxygens (including phenoxy) is 1. The quantitative estimate of drug-likeness (QED) is 0.282. The highest BCUT2D eigenvalue weighted by Gasteiger charge is 2.07. The van der Waals surface area contributed by atoms with Gasteiger partial charge in [-0.3, -0.25) is 4.79 Å². The minimum absolute atomic E-state index is 0.104. The predicted molar refractivity (Wildman–Crippen MR) is 94.7 cm³/mol. The fraction of sp³-hybridized carbons (Fsp3) is 0.944. The van der Waals surface area contributed by atoms with E-state index in [4.69, 9.17) is 25.2 Å². The molecule has 2 unspecified atom stereocenters. The van der Waals surface area contributed by atoms with Crippen molar-refractivity contribution >= 4 is 5.97 Å². The van der Waals surface area contributed by atoms with Crippen LogP contribution in [-0.4, -0.2) is 58.4 Å². The van der Waals surface area contributed by atoms with Crippen molar-refractivity contribution in [2.24, 2.45) is 0 Å². The Morgan fingerprint density at radius 3 is 1.75 bits per heavy atom. The van der Waals surface area contributed by atoms with E-state index in [1.165, 1.54) is 51.9 Å². The molecule has 6 heteroatoms. The highest BCUT2D eigenvalue weighted by molar-refractivity contribution is 5.69. The first-order valence-corrected chi connectivity index (χ1v) is 9.21. The van der Waals surface area contributed by atoms with E-state index in [0.717, 1.165) is 12.8 Å². The molecule has 0 amide bonds. The Labute approximate surface area is 146 Å². The molecule has 2 atom stereocenters. The summed E-state index contributed by atoms with van der Waals surface area (Å²) in [5.74, 6) is -0.282. The number of aliphatic hydroxyl groups is 4. The maximum atomic E-state index is 11.3. The fourth-order valence-corrected chi connectivity index (χ4v) is 1.89. The molecule has 0 aromatic carbocycles. The maximum absolute atomic E-state index is 11.3. The van der Waals surface area contributed by atoms with E-state index < -0.39 is 12.2 Å². The number of rotatable bonds is 14. The largest absolute Gasteiger partial charge is 0.463 e. The Balaban J connectivity index is 0. The summed E-state index contributed by atoms with van der Waals surface area (Å²) in [6.45, 7) is 3.14. The average molecular weight is 350 g/mol. The molecule has 6 nitrogen and oxygen atoms in total. The summed E-state index contributed by atoms with van der Waals surface area (Å²) in [5, 5.41) is 33.6. The normalized spacial score (nSPS) is 12.9. The van der Waals surface area contributed by atoms with Gasteiger partial charge in [0.15, 0.2) is 0 Å². The summed E-state index contributed by atoms with van der Waals surface area (Å²) in [4.78, 5) is 11.3. The lowest BCUT2D eigenvalue weighted by atomic mass is 10.1. The first kappa shape index (κ1) is 25.5. The van der Waals surface area contributed by atoms with Crippen LogP contribution < -0.4 is 0 Å². The van der Waals surface area contributed by atoms with Gasteiger partial charge in [0.25, 0.3) is 0 Å². The number of hydrogen-bond acceptors (Lipinski definition) is 6. The molecule has 0 rings (SSSR count). The predicted octanol–water partition coefficient (Wildman–Crippen LogP) is 2.16. The molecular weight excluding hydrogens is 312 g/mol. The lowest BCUT2D eigenvalue weighted by molar-refractivity contribution is -0.147. The third-order valence-electron chi connectivity index (χ3n) is 3.40. The van der Waals surface area contributed by atoms with Gasteiger partial charge in [-0.2, -0.15) is 0 Å². The van der Waals surface area contributed by atoms with Gasteiger partial charge in [-0.1, -0.05) is 58.3 Å². The summed E-state index contributed by atoms with van der Waals surface area (Å²) in [5.41, 5.74) is 0. The molecule has 0 bridgehead atoms.